The van der Waals surface area contributed by atoms with E-state index in [1.165, 1.54) is 11.1 Å². The van der Waals surface area contributed by atoms with Crippen LogP contribution in [0.2, 0.25) is 0 Å². The molecule has 0 radical (unpaired) electrons. The highest BCUT2D eigenvalue weighted by Gasteiger charge is 2.38. The fourth-order valence-electron chi connectivity index (χ4n) is 2.19. The molecule has 1 unspecified atom stereocenters. The summed E-state index contributed by atoms with van der Waals surface area (Å²) in [6, 6.07) is 6.29. The van der Waals surface area contributed by atoms with Crippen LogP contribution >= 0.6 is 0 Å². The molecule has 2 nitrogen and oxygen atoms in total. The predicted molar refractivity (Wildman–Crippen MR) is 58.6 cm³/mol. The summed E-state index contributed by atoms with van der Waals surface area (Å²) in [5.74, 6) is -0.0848. The Bertz CT molecular complexity index is 409. The van der Waals surface area contributed by atoms with Crippen LogP contribution in [0, 0.1) is 13.8 Å². The second-order valence-corrected chi connectivity index (χ2v) is 4.52. The van der Waals surface area contributed by atoms with Crippen molar-refractivity contribution in [3.05, 3.63) is 34.9 Å². The fraction of sp³-hybridized carbons (Fsp3) is 0.462. The molecule has 1 aromatic rings. The summed E-state index contributed by atoms with van der Waals surface area (Å²) in [5, 5.41) is 0. The average molecular weight is 204 g/mol. The van der Waals surface area contributed by atoms with Crippen molar-refractivity contribution in [2.75, 3.05) is 0 Å². The minimum Gasteiger partial charge on any atom is -0.454 e. The Morgan fingerprint density at radius 3 is 2.67 bits per heavy atom. The number of rotatable bonds is 1. The fourth-order valence-corrected chi connectivity index (χ4v) is 2.19. The van der Waals surface area contributed by atoms with Gasteiger partial charge in [-0.2, -0.15) is 0 Å². The number of aryl methyl sites for hydroxylation is 2. The van der Waals surface area contributed by atoms with E-state index in [1.807, 2.05) is 6.92 Å². The molecular formula is C13H16O2. The normalized spacial score (nSPS) is 25.4. The second-order valence-electron chi connectivity index (χ2n) is 4.52. The SMILES string of the molecule is Cc1ccc(C)c(C2(C)CCC(=O)O2)c1. The third-order valence-corrected chi connectivity index (χ3v) is 3.11. The van der Waals surface area contributed by atoms with Crippen LogP contribution in [0.1, 0.15) is 36.5 Å². The number of hydrogen-bond acceptors (Lipinski definition) is 2. The number of hydrogen-bond donors (Lipinski definition) is 0. The van der Waals surface area contributed by atoms with Crippen molar-refractivity contribution in [2.24, 2.45) is 0 Å². The second kappa shape index (κ2) is 3.37. The summed E-state index contributed by atoms with van der Waals surface area (Å²) in [6.45, 7) is 6.12. The van der Waals surface area contributed by atoms with E-state index in [4.69, 9.17) is 4.74 Å². The highest BCUT2D eigenvalue weighted by Crippen LogP contribution is 2.38. The lowest BCUT2D eigenvalue weighted by atomic mass is 9.88. The summed E-state index contributed by atoms with van der Waals surface area (Å²) in [7, 11) is 0. The molecule has 0 saturated carbocycles. The van der Waals surface area contributed by atoms with Gasteiger partial charge in [0.25, 0.3) is 0 Å². The lowest BCUT2D eigenvalue weighted by molar-refractivity contribution is -0.147. The van der Waals surface area contributed by atoms with Gasteiger partial charge in [0.2, 0.25) is 0 Å². The molecular weight excluding hydrogens is 188 g/mol. The molecule has 1 heterocycles. The van der Waals surface area contributed by atoms with Crippen molar-refractivity contribution in [3.63, 3.8) is 0 Å². The summed E-state index contributed by atoms with van der Waals surface area (Å²) >= 11 is 0. The summed E-state index contributed by atoms with van der Waals surface area (Å²) in [5.41, 5.74) is 3.14. The molecule has 1 fully saturated rings. The van der Waals surface area contributed by atoms with Crippen molar-refractivity contribution in [1.82, 2.24) is 0 Å². The van der Waals surface area contributed by atoms with Gasteiger partial charge in [-0.3, -0.25) is 4.79 Å². The molecule has 2 rings (SSSR count). The molecule has 1 aromatic carbocycles. The number of cyclic esters (lactones) is 1. The lowest BCUT2D eigenvalue weighted by Gasteiger charge is -2.25. The van der Waals surface area contributed by atoms with Crippen LogP contribution in [-0.4, -0.2) is 5.97 Å². The van der Waals surface area contributed by atoms with Crippen LogP contribution in [0.3, 0.4) is 0 Å². The molecule has 15 heavy (non-hydrogen) atoms. The van der Waals surface area contributed by atoms with Crippen molar-refractivity contribution < 1.29 is 9.53 Å². The van der Waals surface area contributed by atoms with Crippen molar-refractivity contribution in [1.29, 1.82) is 0 Å². The van der Waals surface area contributed by atoms with Gasteiger partial charge in [-0.05, 0) is 31.9 Å². The number of benzene rings is 1. The molecule has 0 aromatic heterocycles. The van der Waals surface area contributed by atoms with Crippen LogP contribution in [0.15, 0.2) is 18.2 Å². The summed E-state index contributed by atoms with van der Waals surface area (Å²) in [4.78, 5) is 11.2. The quantitative estimate of drug-likeness (QED) is 0.657. The monoisotopic (exact) mass is 204 g/mol. The zero-order valence-corrected chi connectivity index (χ0v) is 9.46. The smallest absolute Gasteiger partial charge is 0.306 e. The number of carbonyl (C=O) groups is 1. The largest absolute Gasteiger partial charge is 0.454 e. The van der Waals surface area contributed by atoms with Gasteiger partial charge in [-0.1, -0.05) is 23.8 Å². The van der Waals surface area contributed by atoms with E-state index in [-0.39, 0.29) is 5.97 Å². The van der Waals surface area contributed by atoms with Gasteiger partial charge >= 0.3 is 5.97 Å². The van der Waals surface area contributed by atoms with E-state index >= 15 is 0 Å². The van der Waals surface area contributed by atoms with E-state index in [1.54, 1.807) is 0 Å². The van der Waals surface area contributed by atoms with Crippen LogP contribution in [0.5, 0.6) is 0 Å². The first-order valence-corrected chi connectivity index (χ1v) is 5.31. The Hall–Kier alpha value is -1.31. The van der Waals surface area contributed by atoms with Crippen molar-refractivity contribution in [3.8, 4) is 0 Å². The molecule has 1 saturated heterocycles. The molecule has 0 aliphatic carbocycles. The predicted octanol–water partition coefficient (Wildman–Crippen LogP) is 2.86. The lowest BCUT2D eigenvalue weighted by Crippen LogP contribution is -2.22. The van der Waals surface area contributed by atoms with Crippen LogP contribution in [-0.2, 0) is 15.1 Å². The van der Waals surface area contributed by atoms with E-state index < -0.39 is 5.60 Å². The third-order valence-electron chi connectivity index (χ3n) is 3.11. The maximum Gasteiger partial charge on any atom is 0.306 e. The Morgan fingerprint density at radius 2 is 2.07 bits per heavy atom. The molecule has 1 aliphatic heterocycles. The third kappa shape index (κ3) is 1.76. The molecule has 1 aliphatic rings. The first-order chi connectivity index (χ1) is 7.01. The highest BCUT2D eigenvalue weighted by molar-refractivity contribution is 5.72. The summed E-state index contributed by atoms with van der Waals surface area (Å²) < 4.78 is 5.43. The standard InChI is InChI=1S/C13H16O2/c1-9-4-5-10(2)11(8-9)13(3)7-6-12(14)15-13/h4-5,8H,6-7H2,1-3H3. The Labute approximate surface area is 90.3 Å². The first kappa shape index (κ1) is 10.2. The molecule has 2 heteroatoms. The molecule has 0 bridgehead atoms. The van der Waals surface area contributed by atoms with E-state index in [0.29, 0.717) is 6.42 Å². The van der Waals surface area contributed by atoms with Crippen LogP contribution in [0.25, 0.3) is 0 Å². The highest BCUT2D eigenvalue weighted by atomic mass is 16.6. The number of ether oxygens (including phenoxy) is 1. The average Bonchev–Trinajstić information content (AvgIpc) is 2.52. The Morgan fingerprint density at radius 1 is 1.33 bits per heavy atom. The van der Waals surface area contributed by atoms with Gasteiger partial charge in [-0.15, -0.1) is 0 Å². The Balaban J connectivity index is 2.44. The van der Waals surface area contributed by atoms with Crippen molar-refractivity contribution >= 4 is 5.97 Å². The molecule has 0 amide bonds. The summed E-state index contributed by atoms with van der Waals surface area (Å²) in [6.07, 6.45) is 1.32. The van der Waals surface area contributed by atoms with Gasteiger partial charge < -0.3 is 4.74 Å². The Kier molecular flexibility index (Phi) is 2.29. The van der Waals surface area contributed by atoms with Crippen LogP contribution < -0.4 is 0 Å². The van der Waals surface area contributed by atoms with Crippen molar-refractivity contribution in [2.45, 2.75) is 39.2 Å². The van der Waals surface area contributed by atoms with Gasteiger partial charge in [-0.25, -0.2) is 0 Å². The maximum absolute atomic E-state index is 11.2. The van der Waals surface area contributed by atoms with Gasteiger partial charge in [0, 0.05) is 12.8 Å². The minimum atomic E-state index is -0.410. The van der Waals surface area contributed by atoms with E-state index in [2.05, 4.69) is 32.0 Å². The number of carbonyl (C=O) groups excluding carboxylic acids is 1. The van der Waals surface area contributed by atoms with Gasteiger partial charge in [0.15, 0.2) is 0 Å². The molecule has 80 valence electrons. The zero-order valence-electron chi connectivity index (χ0n) is 9.46. The van der Waals surface area contributed by atoms with Crippen LogP contribution in [0.4, 0.5) is 0 Å². The minimum absolute atomic E-state index is 0.0848. The topological polar surface area (TPSA) is 26.3 Å². The first-order valence-electron chi connectivity index (χ1n) is 5.31. The molecule has 0 N–H and O–H groups in total. The maximum atomic E-state index is 11.2. The zero-order chi connectivity index (χ0) is 11.1. The number of esters is 1. The van der Waals surface area contributed by atoms with E-state index in [0.717, 1.165) is 12.0 Å². The van der Waals surface area contributed by atoms with Gasteiger partial charge in [0.05, 0.1) is 0 Å². The van der Waals surface area contributed by atoms with Gasteiger partial charge in [0.1, 0.15) is 5.60 Å². The molecule has 0 spiro atoms. The van der Waals surface area contributed by atoms with E-state index in [9.17, 15) is 4.79 Å². The molecule has 1 atom stereocenters.